The van der Waals surface area contributed by atoms with Gasteiger partial charge in [0.25, 0.3) is 0 Å². The monoisotopic (exact) mass is 641 g/mol. The maximum atomic E-state index is 2.70. The second kappa shape index (κ2) is 34.5. The Hall–Kier alpha value is 0.210. The van der Waals surface area contributed by atoms with Crippen LogP contribution in [0.15, 0.2) is 0 Å². The zero-order valence-electron chi connectivity index (χ0n) is 31.2. The Bertz CT molecular complexity index is 541. The van der Waals surface area contributed by atoms with Crippen molar-refractivity contribution in [2.75, 3.05) is 20.1 Å². The maximum Gasteiger partial charge on any atom is 0.144 e. The first-order chi connectivity index (χ1) is 21.2. The van der Waals surface area contributed by atoms with Crippen molar-refractivity contribution in [3.05, 3.63) is 0 Å². The highest BCUT2D eigenvalue weighted by molar-refractivity contribution is 4.68. The van der Waals surface area contributed by atoms with Crippen LogP contribution in [0.2, 0.25) is 0 Å². The van der Waals surface area contributed by atoms with Gasteiger partial charge in [0, 0.05) is 6.42 Å². The van der Waals surface area contributed by atoms with Gasteiger partial charge in [0.1, 0.15) is 6.17 Å². The molecule has 1 heterocycles. The lowest BCUT2D eigenvalue weighted by Gasteiger charge is -2.31. The summed E-state index contributed by atoms with van der Waals surface area (Å²) in [6.07, 6.45) is 49.1. The van der Waals surface area contributed by atoms with Crippen LogP contribution in [-0.4, -0.2) is 37.2 Å². The van der Waals surface area contributed by atoms with Crippen LogP contribution in [-0.2, 0) is 0 Å². The van der Waals surface area contributed by atoms with Crippen LogP contribution in [0.5, 0.6) is 0 Å². The molecule has 44 heavy (non-hydrogen) atoms. The molecule has 3 unspecified atom stereocenters. The van der Waals surface area contributed by atoms with E-state index in [4.69, 9.17) is 0 Å². The molecule has 3 atom stereocenters. The Kier molecular flexibility index (Phi) is 34.7. The average Bonchev–Trinajstić information content (AvgIpc) is 3.38. The third-order valence-corrected chi connectivity index (χ3v) is 11.0. The van der Waals surface area contributed by atoms with E-state index in [2.05, 4.69) is 32.7 Å². The number of nitrogens with zero attached hydrogens (tertiary/aromatic N) is 1. The first kappa shape index (κ1) is 44.2. The molecule has 0 aromatic carbocycles. The lowest BCUT2D eigenvalue weighted by molar-refractivity contribution is -0.943. The number of hydrogen-bond donors (Lipinski definition) is 1. The third-order valence-electron chi connectivity index (χ3n) is 11.0. The van der Waals surface area contributed by atoms with Crippen molar-refractivity contribution in [3.63, 3.8) is 0 Å². The molecule has 1 aliphatic rings. The highest BCUT2D eigenvalue weighted by Crippen LogP contribution is 2.17. The molecular formula is C41H85ClN2. The summed E-state index contributed by atoms with van der Waals surface area (Å²) in [7, 11) is 2.41. The summed E-state index contributed by atoms with van der Waals surface area (Å²) < 4.78 is 0. The van der Waals surface area contributed by atoms with Gasteiger partial charge in [-0.1, -0.05) is 201 Å². The molecule has 0 bridgehead atoms. The molecule has 0 aromatic rings. The van der Waals surface area contributed by atoms with Gasteiger partial charge in [0.15, 0.2) is 0 Å². The molecule has 1 fully saturated rings. The molecule has 2 nitrogen and oxygen atoms in total. The number of quaternary nitrogens is 1. The van der Waals surface area contributed by atoms with Gasteiger partial charge in [-0.25, -0.2) is 0 Å². The summed E-state index contributed by atoms with van der Waals surface area (Å²) in [6.45, 7) is 9.79. The molecule has 266 valence electrons. The molecule has 0 amide bonds. The van der Waals surface area contributed by atoms with Crippen LogP contribution >= 0.6 is 0 Å². The Morgan fingerprint density at radius 3 is 1.14 bits per heavy atom. The largest absolute Gasteiger partial charge is 1.00 e. The van der Waals surface area contributed by atoms with Gasteiger partial charge in [-0.05, 0) is 32.7 Å². The van der Waals surface area contributed by atoms with E-state index in [1.165, 1.54) is 225 Å². The molecule has 3 heteroatoms. The minimum atomic E-state index is 0. The molecule has 1 aliphatic heterocycles. The molecule has 0 aromatic heterocycles. The lowest BCUT2D eigenvalue weighted by atomic mass is 10.0. The first-order valence-corrected chi connectivity index (χ1v) is 20.8. The van der Waals surface area contributed by atoms with Crippen LogP contribution in [0.1, 0.15) is 233 Å². The number of rotatable bonds is 34. The average molecular weight is 642 g/mol. The molecule has 1 saturated heterocycles. The van der Waals surface area contributed by atoms with Crippen molar-refractivity contribution in [1.82, 2.24) is 4.90 Å². The molecule has 1 rings (SSSR count). The van der Waals surface area contributed by atoms with Gasteiger partial charge in [-0.3, -0.25) is 4.90 Å². The maximum absolute atomic E-state index is 2.70. The summed E-state index contributed by atoms with van der Waals surface area (Å²) in [5.41, 5.74) is 0. The molecule has 0 saturated carbocycles. The van der Waals surface area contributed by atoms with Crippen LogP contribution in [0, 0.1) is 0 Å². The number of nitrogens with one attached hydrogen (secondary N) is 1. The summed E-state index contributed by atoms with van der Waals surface area (Å²) in [6, 6.07) is 0.897. The molecule has 1 N–H and O–H groups in total. The zero-order chi connectivity index (χ0) is 31.1. The van der Waals surface area contributed by atoms with E-state index in [1.807, 2.05) is 4.90 Å². The Balaban J connectivity index is 0.0000185. The van der Waals surface area contributed by atoms with E-state index in [0.717, 1.165) is 12.2 Å². The number of unbranched alkanes of at least 4 members (excludes halogenated alkanes) is 28. The second-order valence-electron chi connectivity index (χ2n) is 14.9. The predicted octanol–water partition coefficient (Wildman–Crippen LogP) is 9.45. The zero-order valence-corrected chi connectivity index (χ0v) is 32.0. The third kappa shape index (κ3) is 25.3. The first-order valence-electron chi connectivity index (χ1n) is 20.8. The predicted molar refractivity (Wildman–Crippen MR) is 195 cm³/mol. The van der Waals surface area contributed by atoms with Gasteiger partial charge < -0.3 is 17.3 Å². The van der Waals surface area contributed by atoms with Crippen molar-refractivity contribution >= 4 is 0 Å². The van der Waals surface area contributed by atoms with E-state index < -0.39 is 0 Å². The summed E-state index contributed by atoms with van der Waals surface area (Å²) in [5.74, 6) is 0. The van der Waals surface area contributed by atoms with Crippen molar-refractivity contribution in [2.24, 2.45) is 0 Å². The van der Waals surface area contributed by atoms with Crippen LogP contribution < -0.4 is 17.3 Å². The van der Waals surface area contributed by atoms with E-state index in [0.29, 0.717) is 0 Å². The normalized spacial score (nSPS) is 17.7. The Morgan fingerprint density at radius 1 is 0.477 bits per heavy atom. The molecule has 0 aliphatic carbocycles. The van der Waals surface area contributed by atoms with E-state index in [9.17, 15) is 0 Å². The van der Waals surface area contributed by atoms with Crippen LogP contribution in [0.4, 0.5) is 0 Å². The highest BCUT2D eigenvalue weighted by Gasteiger charge is 2.36. The fourth-order valence-electron chi connectivity index (χ4n) is 7.92. The van der Waals surface area contributed by atoms with Crippen molar-refractivity contribution in [2.45, 2.75) is 245 Å². The fraction of sp³-hybridized carbons (Fsp3) is 1.00. The quantitative estimate of drug-likeness (QED) is 0.0688. The fourth-order valence-corrected chi connectivity index (χ4v) is 7.92. The SMILES string of the molecule is CCCCCCCCCCCCCCCCCC(CC)[NH+]1CCN(C)C1CCCCCCCCCCCCCCCCC.[Cl-]. The van der Waals surface area contributed by atoms with E-state index in [1.54, 1.807) is 0 Å². The van der Waals surface area contributed by atoms with Gasteiger partial charge in [0.2, 0.25) is 0 Å². The van der Waals surface area contributed by atoms with Crippen LogP contribution in [0.25, 0.3) is 0 Å². The molecule has 0 radical (unpaired) electrons. The molecule has 0 spiro atoms. The van der Waals surface area contributed by atoms with Gasteiger partial charge in [-0.15, -0.1) is 0 Å². The van der Waals surface area contributed by atoms with E-state index >= 15 is 0 Å². The van der Waals surface area contributed by atoms with Crippen molar-refractivity contribution in [3.8, 4) is 0 Å². The standard InChI is InChI=1S/C41H84N2.ClH/c1-5-8-10-12-14-16-18-20-22-24-26-28-30-32-34-36-40(7-3)43-39-38-42(4)41(43)37-35-33-31-29-27-25-23-21-19-17-15-13-11-9-6-2;/h40-41H,5-39H2,1-4H3;1H. The molecular weight excluding hydrogens is 556 g/mol. The Labute approximate surface area is 286 Å². The smallest absolute Gasteiger partial charge is 0.144 e. The van der Waals surface area contributed by atoms with Gasteiger partial charge in [0.05, 0.1) is 19.1 Å². The van der Waals surface area contributed by atoms with E-state index in [-0.39, 0.29) is 12.4 Å². The lowest BCUT2D eigenvalue weighted by Crippen LogP contribution is -3.18. The van der Waals surface area contributed by atoms with Crippen LogP contribution in [0.3, 0.4) is 0 Å². The number of likely N-dealkylation sites (N-methyl/N-ethyl adjacent to an activating group) is 1. The minimum absolute atomic E-state index is 0. The van der Waals surface area contributed by atoms with Gasteiger partial charge >= 0.3 is 0 Å². The highest BCUT2D eigenvalue weighted by atomic mass is 35.5. The number of halogens is 1. The second-order valence-corrected chi connectivity index (χ2v) is 14.9. The number of hydrogen-bond acceptors (Lipinski definition) is 1. The summed E-state index contributed by atoms with van der Waals surface area (Å²) in [5, 5.41) is 0. The summed E-state index contributed by atoms with van der Waals surface area (Å²) >= 11 is 0. The van der Waals surface area contributed by atoms with Crippen molar-refractivity contribution < 1.29 is 17.3 Å². The topological polar surface area (TPSA) is 7.68 Å². The summed E-state index contributed by atoms with van der Waals surface area (Å²) in [4.78, 5) is 4.65. The Morgan fingerprint density at radius 2 is 0.795 bits per heavy atom. The van der Waals surface area contributed by atoms with Crippen molar-refractivity contribution in [1.29, 1.82) is 0 Å². The van der Waals surface area contributed by atoms with Gasteiger partial charge in [-0.2, -0.15) is 0 Å². The minimum Gasteiger partial charge on any atom is -1.00 e.